The molecule has 0 unspecified atom stereocenters. The van der Waals surface area contributed by atoms with Gasteiger partial charge in [-0.25, -0.2) is 0 Å². The molecule has 0 aromatic carbocycles. The Labute approximate surface area is 61.7 Å². The molecule has 0 aliphatic rings. The maximum atomic E-state index is 9.34. The Hall–Kier alpha value is -0.0597. The van der Waals surface area contributed by atoms with Crippen molar-refractivity contribution in [2.75, 3.05) is 0 Å². The van der Waals surface area contributed by atoms with E-state index in [1.54, 1.807) is 0 Å². The van der Waals surface area contributed by atoms with Crippen LogP contribution in [0.15, 0.2) is 0 Å². The summed E-state index contributed by atoms with van der Waals surface area (Å²) in [5.41, 5.74) is 0. The summed E-state index contributed by atoms with van der Waals surface area (Å²) < 4.78 is 29.3. The van der Waals surface area contributed by atoms with Gasteiger partial charge in [-0.05, 0) is 0 Å². The van der Waals surface area contributed by atoms with E-state index >= 15 is 0 Å². The zero-order valence-electron chi connectivity index (χ0n) is 3.33. The molecule has 5 nitrogen and oxygen atoms in total. The van der Waals surface area contributed by atoms with Crippen molar-refractivity contribution >= 4 is 10.4 Å². The minimum atomic E-state index is -4.54. The van der Waals surface area contributed by atoms with E-state index in [0.29, 0.717) is 0 Å². The van der Waals surface area contributed by atoms with E-state index < -0.39 is 10.4 Å². The predicted molar refractivity (Wildman–Crippen MR) is 18.2 cm³/mol. The fraction of sp³-hybridized carbons (Fsp3) is 0. The second-order valence-corrected chi connectivity index (χ2v) is 1.62. The number of hydrogen-bond acceptors (Lipinski definition) is 4. The first-order chi connectivity index (χ1) is 3.06. The molecule has 0 saturated heterocycles. The molecular weight excluding hydrogens is 319 g/mol. The third kappa shape index (κ3) is 9.34. The second kappa shape index (κ2) is 3.88. The van der Waals surface area contributed by atoms with Gasteiger partial charge >= 0.3 is 16.7 Å². The minimum Gasteiger partial charge on any atom is -0.281 e. The molecule has 0 amide bonds. The summed E-state index contributed by atoms with van der Waals surface area (Å²) in [6, 6.07) is 0. The summed E-state index contributed by atoms with van der Waals surface area (Å²) in [4.78, 5) is 0. The molecular formula is CHAuNO4S. The van der Waals surface area contributed by atoms with Crippen LogP contribution in [0.4, 0.5) is 0 Å². The number of hydrogen-bond donors (Lipinski definition) is 1. The SMILES string of the molecule is N#COS(=O)(=O)O.[Au]. The molecule has 1 N–H and O–H groups in total. The van der Waals surface area contributed by atoms with Gasteiger partial charge in [0.1, 0.15) is 0 Å². The first-order valence-corrected chi connectivity index (χ1v) is 2.48. The summed E-state index contributed by atoms with van der Waals surface area (Å²) in [5, 5.41) is 7.39. The van der Waals surface area contributed by atoms with Crippen LogP contribution in [0, 0.1) is 11.5 Å². The van der Waals surface area contributed by atoms with Crippen LogP contribution >= 0.6 is 0 Å². The van der Waals surface area contributed by atoms with Crippen LogP contribution in [-0.2, 0) is 37.0 Å². The van der Waals surface area contributed by atoms with Gasteiger partial charge in [0.15, 0.2) is 0 Å². The largest absolute Gasteiger partial charge is 0.456 e. The molecule has 8 heavy (non-hydrogen) atoms. The third-order valence-corrected chi connectivity index (χ3v) is 0.428. The Kier molecular flexibility index (Phi) is 5.26. The average Bonchev–Trinajstić information content (AvgIpc) is 1.30. The summed E-state index contributed by atoms with van der Waals surface area (Å²) in [6.45, 7) is 0. The Bertz CT molecular complexity index is 177. The van der Waals surface area contributed by atoms with Crippen LogP contribution in [-0.4, -0.2) is 13.0 Å². The van der Waals surface area contributed by atoms with Gasteiger partial charge in [0.05, 0.1) is 0 Å². The monoisotopic (exact) mass is 320 g/mol. The number of rotatable bonds is 1. The predicted octanol–water partition coefficient (Wildman–Crippen LogP) is -0.716. The maximum Gasteiger partial charge on any atom is 0.456 e. The van der Waals surface area contributed by atoms with Gasteiger partial charge in [0.25, 0.3) is 0 Å². The van der Waals surface area contributed by atoms with Gasteiger partial charge in [0, 0.05) is 22.4 Å². The molecule has 0 aromatic heterocycles. The van der Waals surface area contributed by atoms with Gasteiger partial charge in [0.2, 0.25) is 0 Å². The van der Waals surface area contributed by atoms with Gasteiger partial charge in [-0.2, -0.15) is 8.42 Å². The van der Waals surface area contributed by atoms with Crippen molar-refractivity contribution in [1.29, 1.82) is 5.26 Å². The quantitative estimate of drug-likeness (QED) is 0.392. The van der Waals surface area contributed by atoms with E-state index in [9.17, 15) is 8.42 Å². The molecule has 0 fully saturated rings. The molecule has 0 bridgehead atoms. The van der Waals surface area contributed by atoms with Gasteiger partial charge < -0.3 is 0 Å². The fourth-order valence-corrected chi connectivity index (χ4v) is 0.141. The van der Waals surface area contributed by atoms with E-state index in [1.807, 2.05) is 0 Å². The Morgan fingerprint density at radius 2 is 2.00 bits per heavy atom. The van der Waals surface area contributed by atoms with Crippen molar-refractivity contribution in [3.05, 3.63) is 0 Å². The zero-order chi connectivity index (χ0) is 5.91. The zero-order valence-corrected chi connectivity index (χ0v) is 6.31. The van der Waals surface area contributed by atoms with Crippen LogP contribution in [0.1, 0.15) is 0 Å². The molecule has 1 radical (unpaired) electrons. The van der Waals surface area contributed by atoms with E-state index in [2.05, 4.69) is 4.18 Å². The minimum absolute atomic E-state index is 0. The second-order valence-electron chi connectivity index (χ2n) is 0.602. The average molecular weight is 320 g/mol. The van der Waals surface area contributed by atoms with Crippen molar-refractivity contribution in [2.45, 2.75) is 0 Å². The van der Waals surface area contributed by atoms with Crippen molar-refractivity contribution < 1.29 is 39.5 Å². The number of nitriles is 1. The van der Waals surface area contributed by atoms with E-state index in [4.69, 9.17) is 9.81 Å². The first kappa shape index (κ1) is 10.8. The summed E-state index contributed by atoms with van der Waals surface area (Å²) >= 11 is 0. The molecule has 51 valence electrons. The van der Waals surface area contributed by atoms with Gasteiger partial charge in [-0.15, -0.1) is 5.26 Å². The first-order valence-electron chi connectivity index (χ1n) is 1.11. The Morgan fingerprint density at radius 3 is 2.00 bits per heavy atom. The molecule has 0 aliphatic heterocycles. The standard InChI is InChI=1S/CHNO4S.Au/c2-1-6-7(3,4)5;/h(H,3,4,5);. The van der Waals surface area contributed by atoms with Crippen molar-refractivity contribution in [2.24, 2.45) is 0 Å². The summed E-state index contributed by atoms with van der Waals surface area (Å²) in [6.07, 6.45) is 0.770. The van der Waals surface area contributed by atoms with Crippen molar-refractivity contribution in [3.63, 3.8) is 0 Å². The van der Waals surface area contributed by atoms with Crippen LogP contribution in [0.5, 0.6) is 0 Å². The van der Waals surface area contributed by atoms with Crippen molar-refractivity contribution in [3.8, 4) is 6.26 Å². The molecule has 0 rings (SSSR count). The van der Waals surface area contributed by atoms with Crippen LogP contribution < -0.4 is 0 Å². The molecule has 0 heterocycles. The van der Waals surface area contributed by atoms with Gasteiger partial charge in [-0.1, -0.05) is 0 Å². The van der Waals surface area contributed by atoms with E-state index in [0.717, 1.165) is 6.26 Å². The normalized spacial score (nSPS) is 8.50. The molecule has 0 atom stereocenters. The summed E-state index contributed by atoms with van der Waals surface area (Å²) in [5.74, 6) is 0. The molecule has 0 spiro atoms. The van der Waals surface area contributed by atoms with E-state index in [1.165, 1.54) is 0 Å². The Morgan fingerprint density at radius 1 is 1.62 bits per heavy atom. The molecule has 0 aromatic rings. The Balaban J connectivity index is 0. The fourth-order valence-electron chi connectivity index (χ4n) is 0.0471. The van der Waals surface area contributed by atoms with E-state index in [-0.39, 0.29) is 22.4 Å². The van der Waals surface area contributed by atoms with Crippen LogP contribution in [0.3, 0.4) is 0 Å². The van der Waals surface area contributed by atoms with Crippen molar-refractivity contribution in [1.82, 2.24) is 0 Å². The smallest absolute Gasteiger partial charge is 0.281 e. The maximum absolute atomic E-state index is 9.34. The van der Waals surface area contributed by atoms with Gasteiger partial charge in [-0.3, -0.25) is 8.74 Å². The third-order valence-electron chi connectivity index (χ3n) is 0.143. The number of nitrogens with zero attached hydrogens (tertiary/aromatic N) is 1. The van der Waals surface area contributed by atoms with Crippen LogP contribution in [0.2, 0.25) is 0 Å². The molecule has 0 saturated carbocycles. The topological polar surface area (TPSA) is 87.4 Å². The molecule has 0 aliphatic carbocycles. The summed E-state index contributed by atoms with van der Waals surface area (Å²) in [7, 11) is -4.54. The van der Waals surface area contributed by atoms with Crippen LogP contribution in [0.25, 0.3) is 0 Å². The molecule has 7 heteroatoms.